The Balaban J connectivity index is 2.63. The molecule has 0 spiro atoms. The summed E-state index contributed by atoms with van der Waals surface area (Å²) in [5.74, 6) is 1.03. The number of carbonyl (C=O) groups excluding carboxylic acids is 1. The number of carbonyl (C=O) groups is 1. The number of nitrogens with zero attached hydrogens (tertiary/aromatic N) is 1. The van der Waals surface area contributed by atoms with Crippen molar-refractivity contribution in [3.63, 3.8) is 0 Å². The SMILES string of the molecule is CCSC(=S)OC1=C(c2c(C)cccc2C)C(=O)N(OC(C)OC)C1(C)C. The zero-order valence-electron chi connectivity index (χ0n) is 16.9. The molecule has 2 rings (SSSR count). The molecule has 0 N–H and O–H groups in total. The highest BCUT2D eigenvalue weighted by molar-refractivity contribution is 8.22. The maximum atomic E-state index is 13.4. The third-order valence-electron chi connectivity index (χ3n) is 4.45. The van der Waals surface area contributed by atoms with Gasteiger partial charge >= 0.3 is 0 Å². The summed E-state index contributed by atoms with van der Waals surface area (Å²) in [4.78, 5) is 19.2. The molecule has 0 aromatic heterocycles. The monoisotopic (exact) mass is 409 g/mol. The van der Waals surface area contributed by atoms with Crippen LogP contribution in [0.15, 0.2) is 24.0 Å². The molecule has 1 heterocycles. The lowest BCUT2D eigenvalue weighted by molar-refractivity contribution is -0.275. The van der Waals surface area contributed by atoms with Crippen molar-refractivity contribution in [1.82, 2.24) is 5.06 Å². The van der Waals surface area contributed by atoms with Crippen molar-refractivity contribution in [2.75, 3.05) is 12.9 Å². The van der Waals surface area contributed by atoms with Crippen LogP contribution >= 0.6 is 24.0 Å². The summed E-state index contributed by atoms with van der Waals surface area (Å²) >= 11 is 6.79. The fraction of sp³-hybridized carbons (Fsp3) is 0.500. The van der Waals surface area contributed by atoms with E-state index in [0.717, 1.165) is 22.4 Å². The van der Waals surface area contributed by atoms with Crippen molar-refractivity contribution in [2.45, 2.75) is 53.4 Å². The molecule has 1 unspecified atom stereocenters. The third kappa shape index (κ3) is 4.37. The topological polar surface area (TPSA) is 48.0 Å². The van der Waals surface area contributed by atoms with Crippen LogP contribution in [0.5, 0.6) is 0 Å². The number of ether oxygens (including phenoxy) is 2. The first-order valence-corrected chi connectivity index (χ1v) is 10.2. The molecular weight excluding hydrogens is 382 g/mol. The van der Waals surface area contributed by atoms with Gasteiger partial charge in [0.05, 0.1) is 5.57 Å². The fourth-order valence-corrected chi connectivity index (χ4v) is 3.87. The Morgan fingerprint density at radius 2 is 1.89 bits per heavy atom. The Morgan fingerprint density at radius 3 is 2.41 bits per heavy atom. The van der Waals surface area contributed by atoms with Crippen LogP contribution in [0.1, 0.15) is 44.4 Å². The second-order valence-corrected chi connectivity index (χ2v) is 8.69. The van der Waals surface area contributed by atoms with E-state index in [1.54, 1.807) is 6.92 Å². The van der Waals surface area contributed by atoms with Gasteiger partial charge in [-0.1, -0.05) is 36.9 Å². The van der Waals surface area contributed by atoms with Gasteiger partial charge in [-0.15, -0.1) is 0 Å². The highest BCUT2D eigenvalue weighted by Crippen LogP contribution is 2.43. The van der Waals surface area contributed by atoms with Gasteiger partial charge in [0.15, 0.2) is 6.29 Å². The summed E-state index contributed by atoms with van der Waals surface area (Å²) in [7, 11) is 1.53. The number of amides is 1. The highest BCUT2D eigenvalue weighted by Gasteiger charge is 2.50. The van der Waals surface area contributed by atoms with Crippen LogP contribution in [0.3, 0.4) is 0 Å². The zero-order chi connectivity index (χ0) is 20.4. The molecule has 1 amide bonds. The van der Waals surface area contributed by atoms with Gasteiger partial charge in [-0.05, 0) is 69.3 Å². The first-order chi connectivity index (χ1) is 12.6. The Bertz CT molecular complexity index is 753. The molecule has 0 radical (unpaired) electrons. The van der Waals surface area contributed by atoms with Crippen LogP contribution in [0.25, 0.3) is 5.57 Å². The van der Waals surface area contributed by atoms with E-state index in [-0.39, 0.29) is 5.91 Å². The molecule has 27 heavy (non-hydrogen) atoms. The molecule has 0 saturated carbocycles. The molecule has 148 valence electrons. The molecular formula is C20H27NO4S2. The van der Waals surface area contributed by atoms with E-state index in [1.807, 2.05) is 52.8 Å². The smallest absolute Gasteiger partial charge is 0.282 e. The summed E-state index contributed by atoms with van der Waals surface area (Å²) in [6.45, 7) is 11.5. The van der Waals surface area contributed by atoms with Crippen LogP contribution in [0.2, 0.25) is 0 Å². The first kappa shape index (κ1) is 21.9. The average Bonchev–Trinajstić information content (AvgIpc) is 2.76. The molecule has 0 bridgehead atoms. The summed E-state index contributed by atoms with van der Waals surface area (Å²) in [5.41, 5.74) is 2.48. The number of rotatable bonds is 6. The highest BCUT2D eigenvalue weighted by atomic mass is 32.2. The standard InChI is InChI=1S/C20H27NO4S2/c1-8-27-19(26)24-17-16(15-12(2)10-9-11-13(15)3)18(22)21(20(17,5)6)25-14(4)23-7/h9-11,14H,8H2,1-7H3. The van der Waals surface area contributed by atoms with Gasteiger partial charge < -0.3 is 9.47 Å². The number of benzene rings is 1. The number of hydrogen-bond donors (Lipinski definition) is 0. The molecule has 5 nitrogen and oxygen atoms in total. The van der Waals surface area contributed by atoms with E-state index in [4.69, 9.17) is 26.5 Å². The van der Waals surface area contributed by atoms with Crippen molar-refractivity contribution in [3.05, 3.63) is 40.6 Å². The predicted octanol–water partition coefficient (Wildman–Crippen LogP) is 4.61. The molecule has 1 aromatic carbocycles. The van der Waals surface area contributed by atoms with Gasteiger partial charge in [0, 0.05) is 7.11 Å². The first-order valence-electron chi connectivity index (χ1n) is 8.85. The lowest BCUT2D eigenvalue weighted by atomic mass is 9.93. The van der Waals surface area contributed by atoms with Crippen molar-refractivity contribution in [2.24, 2.45) is 0 Å². The summed E-state index contributed by atoms with van der Waals surface area (Å²) in [6, 6.07) is 5.93. The summed E-state index contributed by atoms with van der Waals surface area (Å²) in [5, 5.41) is 1.33. The summed E-state index contributed by atoms with van der Waals surface area (Å²) < 4.78 is 11.6. The number of methoxy groups -OCH3 is 1. The van der Waals surface area contributed by atoms with Crippen LogP contribution in [-0.4, -0.2) is 40.0 Å². The molecule has 7 heteroatoms. The van der Waals surface area contributed by atoms with Crippen molar-refractivity contribution >= 4 is 39.8 Å². The van der Waals surface area contributed by atoms with Crippen molar-refractivity contribution in [3.8, 4) is 0 Å². The van der Waals surface area contributed by atoms with E-state index in [9.17, 15) is 4.79 Å². The van der Waals surface area contributed by atoms with Gasteiger partial charge in [0.1, 0.15) is 11.3 Å². The van der Waals surface area contributed by atoms with Gasteiger partial charge in [0.2, 0.25) is 4.38 Å². The van der Waals surface area contributed by atoms with Crippen LogP contribution in [0.4, 0.5) is 0 Å². The molecule has 1 aliphatic rings. The van der Waals surface area contributed by atoms with Crippen LogP contribution in [0, 0.1) is 13.8 Å². The largest absolute Gasteiger partial charge is 0.441 e. The van der Waals surface area contributed by atoms with Crippen LogP contribution < -0.4 is 0 Å². The maximum Gasteiger partial charge on any atom is 0.282 e. The van der Waals surface area contributed by atoms with Crippen molar-refractivity contribution in [1.29, 1.82) is 0 Å². The quantitative estimate of drug-likeness (QED) is 0.505. The number of hydroxylamine groups is 2. The van der Waals surface area contributed by atoms with E-state index in [2.05, 4.69) is 0 Å². The second kappa shape index (κ2) is 8.73. The minimum Gasteiger partial charge on any atom is -0.441 e. The van der Waals surface area contributed by atoms with Gasteiger partial charge in [-0.2, -0.15) is 0 Å². The van der Waals surface area contributed by atoms with E-state index < -0.39 is 11.8 Å². The minimum atomic E-state index is -0.841. The normalized spacial score (nSPS) is 17.4. The van der Waals surface area contributed by atoms with Gasteiger partial charge in [0.25, 0.3) is 5.91 Å². The van der Waals surface area contributed by atoms with E-state index in [0.29, 0.717) is 15.7 Å². The average molecular weight is 410 g/mol. The molecule has 0 aliphatic carbocycles. The molecule has 1 aromatic rings. The van der Waals surface area contributed by atoms with Crippen molar-refractivity contribution < 1.29 is 19.1 Å². The Kier molecular flexibility index (Phi) is 7.08. The number of hydrogen-bond acceptors (Lipinski definition) is 6. The lowest BCUT2D eigenvalue weighted by Crippen LogP contribution is -2.46. The molecule has 1 atom stereocenters. The number of thioether (sulfide) groups is 1. The molecule has 0 fully saturated rings. The Morgan fingerprint density at radius 1 is 1.30 bits per heavy atom. The summed E-state index contributed by atoms with van der Waals surface area (Å²) in [6.07, 6.45) is -0.580. The molecule has 1 aliphatic heterocycles. The zero-order valence-corrected chi connectivity index (χ0v) is 18.5. The van der Waals surface area contributed by atoms with Crippen LogP contribution in [-0.2, 0) is 19.1 Å². The van der Waals surface area contributed by atoms with Gasteiger partial charge in [-0.3, -0.25) is 4.79 Å². The van der Waals surface area contributed by atoms with E-state index >= 15 is 0 Å². The second-order valence-electron chi connectivity index (χ2n) is 6.82. The predicted molar refractivity (Wildman–Crippen MR) is 113 cm³/mol. The van der Waals surface area contributed by atoms with Gasteiger partial charge in [-0.25, -0.2) is 9.90 Å². The Labute approximate surface area is 171 Å². The number of aryl methyl sites for hydroxylation is 2. The van der Waals surface area contributed by atoms with E-state index in [1.165, 1.54) is 23.9 Å². The molecule has 0 saturated heterocycles. The Hall–Kier alpha value is -1.41. The lowest BCUT2D eigenvalue weighted by Gasteiger charge is -2.33. The fourth-order valence-electron chi connectivity index (χ4n) is 3.06. The third-order valence-corrected chi connectivity index (χ3v) is 5.50. The number of thiocarbonyl (C=S) groups is 1. The maximum absolute atomic E-state index is 13.4. The minimum absolute atomic E-state index is 0.263.